The van der Waals surface area contributed by atoms with Crippen molar-refractivity contribution in [2.75, 3.05) is 19.6 Å². The Labute approximate surface area is 156 Å². The fourth-order valence-corrected chi connectivity index (χ4v) is 3.93. The lowest BCUT2D eigenvalue weighted by atomic mass is 9.96. The molecule has 3 rings (SSSR count). The number of carbonyl (C=O) groups is 2. The smallest absolute Gasteiger partial charge is 0.320 e. The van der Waals surface area contributed by atoms with Gasteiger partial charge in [0.15, 0.2) is 0 Å². The van der Waals surface area contributed by atoms with Gasteiger partial charge in [-0.3, -0.25) is 4.79 Å². The van der Waals surface area contributed by atoms with E-state index in [1.54, 1.807) is 4.90 Å². The molecule has 3 amide bonds. The predicted octanol–water partition coefficient (Wildman–Crippen LogP) is 3.54. The minimum Gasteiger partial charge on any atom is -0.353 e. The SMILES string of the molecule is O=C(CCN1CCN(Cc2ccccc2)C1=O)NC1CCCCCCC1. The van der Waals surface area contributed by atoms with Gasteiger partial charge in [-0.2, -0.15) is 0 Å². The van der Waals surface area contributed by atoms with Gasteiger partial charge in [-0.05, 0) is 18.4 Å². The van der Waals surface area contributed by atoms with Crippen LogP contribution in [-0.4, -0.2) is 47.4 Å². The Kier molecular flexibility index (Phi) is 6.92. The Balaban J connectivity index is 1.40. The van der Waals surface area contributed by atoms with E-state index in [4.69, 9.17) is 0 Å². The number of hydrogen-bond donors (Lipinski definition) is 1. The van der Waals surface area contributed by atoms with Crippen LogP contribution in [-0.2, 0) is 11.3 Å². The van der Waals surface area contributed by atoms with E-state index < -0.39 is 0 Å². The molecule has 5 heteroatoms. The standard InChI is InChI=1S/C21H31N3O2/c25-20(22-19-11-7-2-1-3-8-12-19)13-14-23-15-16-24(21(23)26)17-18-9-5-4-6-10-18/h4-6,9-10,19H,1-3,7-8,11-17H2,(H,22,25). The van der Waals surface area contributed by atoms with Crippen molar-refractivity contribution in [1.82, 2.24) is 15.1 Å². The second-order valence-corrected chi connectivity index (χ2v) is 7.54. The molecule has 1 heterocycles. The third-order valence-corrected chi connectivity index (χ3v) is 5.48. The van der Waals surface area contributed by atoms with Gasteiger partial charge >= 0.3 is 6.03 Å². The molecule has 1 aromatic carbocycles. The van der Waals surface area contributed by atoms with Crippen LogP contribution in [0, 0.1) is 0 Å². The highest BCUT2D eigenvalue weighted by Crippen LogP contribution is 2.17. The van der Waals surface area contributed by atoms with Gasteiger partial charge in [0.25, 0.3) is 0 Å². The molecule has 1 aromatic rings. The topological polar surface area (TPSA) is 52.7 Å². The Morgan fingerprint density at radius 2 is 1.62 bits per heavy atom. The van der Waals surface area contributed by atoms with Crippen molar-refractivity contribution < 1.29 is 9.59 Å². The largest absolute Gasteiger partial charge is 0.353 e. The summed E-state index contributed by atoms with van der Waals surface area (Å²) in [7, 11) is 0. The summed E-state index contributed by atoms with van der Waals surface area (Å²) >= 11 is 0. The molecule has 1 aliphatic heterocycles. The highest BCUT2D eigenvalue weighted by Gasteiger charge is 2.28. The van der Waals surface area contributed by atoms with Crippen LogP contribution in [0.1, 0.15) is 56.9 Å². The first-order valence-electron chi connectivity index (χ1n) is 10.1. The Morgan fingerprint density at radius 1 is 0.962 bits per heavy atom. The Bertz CT molecular complexity index is 582. The number of nitrogens with zero attached hydrogens (tertiary/aromatic N) is 2. The summed E-state index contributed by atoms with van der Waals surface area (Å²) in [4.78, 5) is 28.5. The lowest BCUT2D eigenvalue weighted by molar-refractivity contribution is -0.122. The van der Waals surface area contributed by atoms with Crippen molar-refractivity contribution in [2.24, 2.45) is 0 Å². The van der Waals surface area contributed by atoms with E-state index in [0.717, 1.165) is 24.9 Å². The molecule has 142 valence electrons. The van der Waals surface area contributed by atoms with Gasteiger partial charge in [0.1, 0.15) is 0 Å². The number of carbonyl (C=O) groups excluding carboxylic acids is 2. The minimum atomic E-state index is 0.0487. The number of urea groups is 1. The van der Waals surface area contributed by atoms with Crippen molar-refractivity contribution >= 4 is 11.9 Å². The van der Waals surface area contributed by atoms with Gasteiger partial charge in [0, 0.05) is 38.6 Å². The molecule has 0 spiro atoms. The molecule has 0 atom stereocenters. The Hall–Kier alpha value is -2.04. The summed E-state index contributed by atoms with van der Waals surface area (Å²) in [6, 6.07) is 10.4. The van der Waals surface area contributed by atoms with Crippen LogP contribution in [0.3, 0.4) is 0 Å². The molecule has 0 aromatic heterocycles. The first kappa shape index (κ1) is 18.7. The third-order valence-electron chi connectivity index (χ3n) is 5.48. The lowest BCUT2D eigenvalue weighted by Gasteiger charge is -2.22. The van der Waals surface area contributed by atoms with Crippen LogP contribution in [0.2, 0.25) is 0 Å². The predicted molar refractivity (Wildman–Crippen MR) is 103 cm³/mol. The van der Waals surface area contributed by atoms with Gasteiger partial charge < -0.3 is 15.1 Å². The highest BCUT2D eigenvalue weighted by molar-refractivity contribution is 5.79. The maximum Gasteiger partial charge on any atom is 0.320 e. The fourth-order valence-electron chi connectivity index (χ4n) is 3.93. The average molecular weight is 357 g/mol. The lowest BCUT2D eigenvalue weighted by Crippen LogP contribution is -2.38. The van der Waals surface area contributed by atoms with Gasteiger partial charge in [-0.15, -0.1) is 0 Å². The van der Waals surface area contributed by atoms with Crippen LogP contribution in [0.15, 0.2) is 30.3 Å². The first-order valence-corrected chi connectivity index (χ1v) is 10.1. The van der Waals surface area contributed by atoms with Crippen molar-refractivity contribution in [2.45, 2.75) is 64.0 Å². The van der Waals surface area contributed by atoms with Crippen molar-refractivity contribution in [3.8, 4) is 0 Å². The molecular formula is C21H31N3O2. The molecule has 1 N–H and O–H groups in total. The minimum absolute atomic E-state index is 0.0487. The average Bonchev–Trinajstić information content (AvgIpc) is 2.96. The molecule has 2 fully saturated rings. The monoisotopic (exact) mass is 357 g/mol. The van der Waals surface area contributed by atoms with Gasteiger partial charge in [0.05, 0.1) is 0 Å². The zero-order chi connectivity index (χ0) is 18.2. The molecular weight excluding hydrogens is 326 g/mol. The van der Waals surface area contributed by atoms with Crippen molar-refractivity contribution in [3.63, 3.8) is 0 Å². The molecule has 2 aliphatic rings. The van der Waals surface area contributed by atoms with Crippen LogP contribution >= 0.6 is 0 Å². The maximum atomic E-state index is 12.5. The molecule has 0 radical (unpaired) electrons. The van der Waals surface area contributed by atoms with E-state index in [1.807, 2.05) is 35.2 Å². The molecule has 1 aliphatic carbocycles. The van der Waals surface area contributed by atoms with E-state index in [-0.39, 0.29) is 11.9 Å². The van der Waals surface area contributed by atoms with E-state index >= 15 is 0 Å². The number of rotatable bonds is 6. The van der Waals surface area contributed by atoms with Crippen molar-refractivity contribution in [3.05, 3.63) is 35.9 Å². The number of nitrogens with one attached hydrogen (secondary N) is 1. The van der Waals surface area contributed by atoms with Crippen LogP contribution < -0.4 is 5.32 Å². The van der Waals surface area contributed by atoms with Crippen LogP contribution in [0.25, 0.3) is 0 Å². The third kappa shape index (κ3) is 5.48. The molecule has 1 saturated carbocycles. The Morgan fingerprint density at radius 3 is 2.35 bits per heavy atom. The van der Waals surface area contributed by atoms with Gasteiger partial charge in [-0.25, -0.2) is 4.79 Å². The first-order chi connectivity index (χ1) is 12.7. The van der Waals surface area contributed by atoms with Crippen LogP contribution in [0.5, 0.6) is 0 Å². The number of hydrogen-bond acceptors (Lipinski definition) is 2. The van der Waals surface area contributed by atoms with E-state index in [9.17, 15) is 9.59 Å². The second-order valence-electron chi connectivity index (χ2n) is 7.54. The summed E-state index contributed by atoms with van der Waals surface area (Å²) < 4.78 is 0. The van der Waals surface area contributed by atoms with Crippen molar-refractivity contribution in [1.29, 1.82) is 0 Å². The molecule has 0 bridgehead atoms. The molecule has 1 saturated heterocycles. The molecule has 5 nitrogen and oxygen atoms in total. The van der Waals surface area contributed by atoms with Gasteiger partial charge in [-0.1, -0.05) is 62.4 Å². The summed E-state index contributed by atoms with van der Waals surface area (Å²) in [5.41, 5.74) is 1.14. The maximum absolute atomic E-state index is 12.5. The fraction of sp³-hybridized carbons (Fsp3) is 0.619. The van der Waals surface area contributed by atoms with Gasteiger partial charge in [0.2, 0.25) is 5.91 Å². The highest BCUT2D eigenvalue weighted by atomic mass is 16.2. The normalized spacial score (nSPS) is 19.3. The summed E-state index contributed by atoms with van der Waals surface area (Å²) in [6.07, 6.45) is 8.92. The number of amides is 3. The van der Waals surface area contributed by atoms with E-state index in [0.29, 0.717) is 32.1 Å². The number of benzene rings is 1. The quantitative estimate of drug-likeness (QED) is 0.846. The van der Waals surface area contributed by atoms with E-state index in [1.165, 1.54) is 32.1 Å². The molecule has 26 heavy (non-hydrogen) atoms. The second kappa shape index (κ2) is 9.60. The zero-order valence-corrected chi connectivity index (χ0v) is 15.7. The summed E-state index contributed by atoms with van der Waals surface area (Å²) in [5.74, 6) is 0.0879. The summed E-state index contributed by atoms with van der Waals surface area (Å²) in [6.45, 7) is 2.60. The summed E-state index contributed by atoms with van der Waals surface area (Å²) in [5, 5.41) is 3.19. The molecule has 0 unspecified atom stereocenters. The van der Waals surface area contributed by atoms with E-state index in [2.05, 4.69) is 5.32 Å². The van der Waals surface area contributed by atoms with Crippen LogP contribution in [0.4, 0.5) is 4.79 Å². The zero-order valence-electron chi connectivity index (χ0n) is 15.7.